The molecule has 0 bridgehead atoms. The van der Waals surface area contributed by atoms with Gasteiger partial charge in [0.15, 0.2) is 0 Å². The Morgan fingerprint density at radius 2 is 0.952 bits per heavy atom. The summed E-state index contributed by atoms with van der Waals surface area (Å²) in [5, 5.41) is 19.3. The Labute approximate surface area is 490 Å². The Hall–Kier alpha value is -8.23. The van der Waals surface area contributed by atoms with Gasteiger partial charge in [0.05, 0.1) is 40.9 Å². The zero-order chi connectivity index (χ0) is 58.4. The molecule has 4 aliphatic heterocycles. The fourth-order valence-corrected chi connectivity index (χ4v) is 12.4. The van der Waals surface area contributed by atoms with Gasteiger partial charge in [-0.1, -0.05) is 79.4 Å². The van der Waals surface area contributed by atoms with Crippen LogP contribution in [0.2, 0.25) is 0 Å². The molecule has 4 aromatic heterocycles. The van der Waals surface area contributed by atoms with E-state index in [1.807, 2.05) is 115 Å². The van der Waals surface area contributed by atoms with Crippen LogP contribution in [0.1, 0.15) is 96.6 Å². The molecule has 84 heavy (non-hydrogen) atoms. The quantitative estimate of drug-likeness (QED) is 0.0513. The number of benzene rings is 3. The van der Waals surface area contributed by atoms with Crippen molar-refractivity contribution in [1.29, 1.82) is 0 Å². The van der Waals surface area contributed by atoms with Gasteiger partial charge in [0.25, 0.3) is 11.8 Å². The SMILES string of the molecule is C=C(N[C@H](C(=O)N1C[C@@H](NC(=O)c2ccc(C(=O)N[C@H]3C[C@@H](c4cn5c(-c6ccccc6)cccc5n4)N(C(=O)[C@@H](NC(=O)[C@H](C)NC)C4CCOCC4)C3)cc2)C[C@H]1c1cn2c(-c3ccccc3)cccc2n1)C1CCOCC1)[C@H](C)NC. The third-order valence-electron chi connectivity index (χ3n) is 17.5. The van der Waals surface area contributed by atoms with Crippen molar-refractivity contribution < 1.29 is 33.4 Å². The van der Waals surface area contributed by atoms with Crippen LogP contribution in [0.4, 0.5) is 0 Å². The lowest BCUT2D eigenvalue weighted by molar-refractivity contribution is -0.140. The summed E-state index contributed by atoms with van der Waals surface area (Å²) in [4.78, 5) is 86.4. The number of hydrogen-bond donors (Lipinski definition) is 6. The molecule has 6 N–H and O–H groups in total. The monoisotopic (exact) mass is 1140 g/mol. The lowest BCUT2D eigenvalue weighted by Gasteiger charge is -2.36. The summed E-state index contributed by atoms with van der Waals surface area (Å²) in [6.07, 6.45) is 7.38. The highest BCUT2D eigenvalue weighted by Crippen LogP contribution is 2.38. The fourth-order valence-electron chi connectivity index (χ4n) is 12.4. The smallest absolute Gasteiger partial charge is 0.251 e. The molecule has 0 aliphatic carbocycles. The number of pyridine rings is 2. The molecule has 0 saturated carbocycles. The van der Waals surface area contributed by atoms with Crippen LogP contribution in [-0.2, 0) is 23.9 Å². The van der Waals surface area contributed by atoms with Crippen LogP contribution in [0.3, 0.4) is 0 Å². The largest absolute Gasteiger partial charge is 0.381 e. The van der Waals surface area contributed by atoms with Crippen LogP contribution in [0.5, 0.6) is 0 Å². The second-order valence-electron chi connectivity index (χ2n) is 22.8. The topological polar surface area (TPSA) is 217 Å². The number of aromatic nitrogens is 4. The third-order valence-corrected chi connectivity index (χ3v) is 17.5. The molecule has 19 nitrogen and oxygen atoms in total. The average Bonchev–Trinajstić information content (AvgIpc) is 2.63. The zero-order valence-corrected chi connectivity index (χ0v) is 48.2. The van der Waals surface area contributed by atoms with Gasteiger partial charge in [0.2, 0.25) is 17.7 Å². The second kappa shape index (κ2) is 25.7. The Kier molecular flexibility index (Phi) is 17.6. The van der Waals surface area contributed by atoms with Crippen LogP contribution < -0.4 is 31.9 Å². The molecule has 0 radical (unpaired) electrons. The Bertz CT molecular complexity index is 3260. The molecule has 11 rings (SSSR count). The molecule has 8 heterocycles. The van der Waals surface area contributed by atoms with E-state index in [4.69, 9.17) is 19.4 Å². The molecule has 4 saturated heterocycles. The second-order valence-corrected chi connectivity index (χ2v) is 22.8. The Morgan fingerprint density at radius 1 is 0.536 bits per heavy atom. The Morgan fingerprint density at radius 3 is 1.37 bits per heavy atom. The number of rotatable bonds is 19. The molecule has 4 aliphatic rings. The van der Waals surface area contributed by atoms with Crippen LogP contribution in [0, 0.1) is 11.8 Å². The van der Waals surface area contributed by atoms with E-state index in [2.05, 4.69) is 61.1 Å². The lowest BCUT2D eigenvalue weighted by atomic mass is 9.90. The number of carbonyl (C=O) groups is 5. The van der Waals surface area contributed by atoms with Gasteiger partial charge in [-0.2, -0.15) is 0 Å². The highest BCUT2D eigenvalue weighted by atomic mass is 16.5. The molecule has 7 aromatic rings. The summed E-state index contributed by atoms with van der Waals surface area (Å²) >= 11 is 0. The van der Waals surface area contributed by atoms with Crippen LogP contribution in [0.25, 0.3) is 33.8 Å². The summed E-state index contributed by atoms with van der Waals surface area (Å²) in [6.45, 7) is 10.6. The van der Waals surface area contributed by atoms with Crippen LogP contribution in [-0.4, -0.2) is 148 Å². The number of carbonyl (C=O) groups excluding carboxylic acids is 5. The minimum atomic E-state index is -0.828. The maximum atomic E-state index is 15.2. The first kappa shape index (κ1) is 57.6. The number of likely N-dealkylation sites (N-methyl/N-ethyl adjacent to an activating group) is 2. The number of amides is 5. The van der Waals surface area contributed by atoms with Crippen LogP contribution in [0.15, 0.2) is 146 Å². The highest BCUT2D eigenvalue weighted by molar-refractivity contribution is 5.98. The molecular formula is C65H76N12O7. The highest BCUT2D eigenvalue weighted by Gasteiger charge is 2.45. The van der Waals surface area contributed by atoms with Gasteiger partial charge in [-0.05, 0) is 138 Å². The zero-order valence-electron chi connectivity index (χ0n) is 48.2. The van der Waals surface area contributed by atoms with Gasteiger partial charge in [0, 0.05) is 86.9 Å². The van der Waals surface area contributed by atoms with Crippen molar-refractivity contribution in [3.05, 3.63) is 169 Å². The molecule has 0 unspecified atom stereocenters. The van der Waals surface area contributed by atoms with E-state index >= 15 is 9.59 Å². The molecule has 8 atom stereocenters. The number of nitrogens with one attached hydrogen (secondary N) is 6. The van der Waals surface area contributed by atoms with E-state index in [0.717, 1.165) is 28.2 Å². The fraction of sp³-hybridized carbons (Fsp3) is 0.400. The first-order valence-corrected chi connectivity index (χ1v) is 29.5. The van der Waals surface area contributed by atoms with Crippen molar-refractivity contribution in [3.63, 3.8) is 0 Å². The third kappa shape index (κ3) is 12.4. The molecule has 3 aromatic carbocycles. The van der Waals surface area contributed by atoms with E-state index in [-0.39, 0.29) is 60.5 Å². The van der Waals surface area contributed by atoms with E-state index < -0.39 is 42.3 Å². The summed E-state index contributed by atoms with van der Waals surface area (Å²) in [7, 11) is 3.57. The van der Waals surface area contributed by atoms with Crippen molar-refractivity contribution in [3.8, 4) is 22.5 Å². The molecule has 438 valence electrons. The minimum Gasteiger partial charge on any atom is -0.381 e. The number of fused-ring (bicyclic) bond motifs is 2. The summed E-state index contributed by atoms with van der Waals surface area (Å²) in [5.74, 6) is -1.50. The summed E-state index contributed by atoms with van der Waals surface area (Å²) in [6, 6.07) is 34.6. The molecular weight excluding hydrogens is 1060 g/mol. The van der Waals surface area contributed by atoms with E-state index in [1.165, 1.54) is 0 Å². The molecule has 5 amide bonds. The van der Waals surface area contributed by atoms with E-state index in [9.17, 15) is 14.4 Å². The van der Waals surface area contributed by atoms with Crippen LogP contribution >= 0.6 is 0 Å². The van der Waals surface area contributed by atoms with Gasteiger partial charge in [-0.3, -0.25) is 32.8 Å². The van der Waals surface area contributed by atoms with E-state index in [1.54, 1.807) is 43.1 Å². The maximum Gasteiger partial charge on any atom is 0.251 e. The lowest BCUT2D eigenvalue weighted by Crippen LogP contribution is -2.56. The number of hydrogen-bond acceptors (Lipinski definition) is 12. The van der Waals surface area contributed by atoms with Crippen molar-refractivity contribution in [2.75, 3.05) is 53.6 Å². The van der Waals surface area contributed by atoms with Crippen molar-refractivity contribution in [2.45, 2.75) is 101 Å². The minimum absolute atomic E-state index is 0.00810. The number of imidazole rings is 2. The predicted molar refractivity (Wildman–Crippen MR) is 320 cm³/mol. The first-order chi connectivity index (χ1) is 40.8. The van der Waals surface area contributed by atoms with Gasteiger partial charge in [0.1, 0.15) is 23.4 Å². The standard InChI is InChI=1S/C65H76N12O7/c1-40(66-4)41(2)68-59(45-26-30-83-31-27-45)64(81)76-36-49(34-55(76)51-38-74-53(18-12-20-57(74)71-51)43-14-8-6-9-15-43)69-62(79)47-22-24-48(25-23-47)63(80)70-50-35-56(52-39-75-54(19-13-21-58(75)72-52)44-16-10-7-11-17-44)77(37-50)65(82)60(46-28-32-84-33-29-46)73-61(78)42(3)67-5/h6-25,38-40,42,45-46,49-50,55-56,59-60,66-68H,2,26-37H2,1,3-5H3,(H,69,79)(H,70,80)(H,73,78)/t40-,42-,49-,50-,55-,56-,59-,60-/m0/s1. The molecule has 0 spiro atoms. The van der Waals surface area contributed by atoms with Crippen molar-refractivity contribution >= 4 is 40.8 Å². The molecule has 4 fully saturated rings. The van der Waals surface area contributed by atoms with Gasteiger partial charge >= 0.3 is 0 Å². The number of ether oxygens (including phenoxy) is 2. The van der Waals surface area contributed by atoms with Gasteiger partial charge in [-0.15, -0.1) is 0 Å². The Balaban J connectivity index is 0.827. The first-order valence-electron chi connectivity index (χ1n) is 29.5. The van der Waals surface area contributed by atoms with Gasteiger partial charge < -0.3 is 51.2 Å². The molecule has 19 heteroatoms. The van der Waals surface area contributed by atoms with Crippen molar-refractivity contribution in [2.24, 2.45) is 11.8 Å². The number of likely N-dealkylation sites (tertiary alicyclic amines) is 2. The predicted octanol–water partition coefficient (Wildman–Crippen LogP) is 6.49. The summed E-state index contributed by atoms with van der Waals surface area (Å²) in [5.41, 5.74) is 8.17. The van der Waals surface area contributed by atoms with E-state index in [0.29, 0.717) is 98.8 Å². The van der Waals surface area contributed by atoms with Gasteiger partial charge in [-0.25, -0.2) is 9.97 Å². The maximum absolute atomic E-state index is 15.2. The normalized spacial score (nSPS) is 21.0. The summed E-state index contributed by atoms with van der Waals surface area (Å²) < 4.78 is 15.5. The average molecular weight is 1140 g/mol. The number of nitrogens with zero attached hydrogens (tertiary/aromatic N) is 6. The van der Waals surface area contributed by atoms with Crippen molar-refractivity contribution in [1.82, 2.24) is 60.5 Å².